The molecule has 0 aliphatic carbocycles. The number of hydrogen-bond donors (Lipinski definition) is 1. The topological polar surface area (TPSA) is 66.5 Å². The molecule has 0 radical (unpaired) electrons. The van der Waals surface area contributed by atoms with Gasteiger partial charge in [0.2, 0.25) is 5.91 Å². The lowest BCUT2D eigenvalue weighted by atomic mass is 9.97. The minimum Gasteiger partial charge on any atom is -0.348 e. The molecule has 0 bridgehead atoms. The van der Waals surface area contributed by atoms with E-state index in [4.69, 9.17) is 0 Å². The van der Waals surface area contributed by atoms with Crippen molar-refractivity contribution in [1.82, 2.24) is 5.32 Å². The van der Waals surface area contributed by atoms with Gasteiger partial charge in [0.1, 0.15) is 12.4 Å². The van der Waals surface area contributed by atoms with Crippen LogP contribution < -0.4 is 9.62 Å². The molecular weight excluding hydrogens is 427 g/mol. The van der Waals surface area contributed by atoms with Crippen molar-refractivity contribution in [1.29, 1.82) is 0 Å². The standard InChI is InChI=1S/C25H27FN2O3S/c1-19(2)17-23(20-11-5-3-6-12-20)27-25(29)18-28(24-16-10-9-15-22(24)26)32(30,31)21-13-7-4-8-14-21/h3-16,19,23H,17-18H2,1-2H3,(H,27,29)/t23-/m1/s1. The summed E-state index contributed by atoms with van der Waals surface area (Å²) in [5, 5.41) is 2.94. The van der Waals surface area contributed by atoms with Crippen LogP contribution in [0.2, 0.25) is 0 Å². The van der Waals surface area contributed by atoms with Crippen LogP contribution in [0, 0.1) is 11.7 Å². The normalized spacial score (nSPS) is 12.4. The highest BCUT2D eigenvalue weighted by Gasteiger charge is 2.29. The van der Waals surface area contributed by atoms with Gasteiger partial charge in [0.05, 0.1) is 16.6 Å². The van der Waals surface area contributed by atoms with E-state index >= 15 is 0 Å². The fourth-order valence-electron chi connectivity index (χ4n) is 3.48. The largest absolute Gasteiger partial charge is 0.348 e. The highest BCUT2D eigenvalue weighted by atomic mass is 32.2. The Bertz CT molecular complexity index is 1140. The summed E-state index contributed by atoms with van der Waals surface area (Å²) in [6.45, 7) is 3.56. The average Bonchev–Trinajstić information content (AvgIpc) is 2.78. The maximum Gasteiger partial charge on any atom is 0.264 e. The Balaban J connectivity index is 1.92. The number of sulfonamides is 1. The number of amides is 1. The van der Waals surface area contributed by atoms with Crippen LogP contribution in [-0.2, 0) is 14.8 Å². The van der Waals surface area contributed by atoms with Gasteiger partial charge < -0.3 is 5.32 Å². The lowest BCUT2D eigenvalue weighted by molar-refractivity contribution is -0.120. The van der Waals surface area contributed by atoms with E-state index < -0.39 is 28.3 Å². The monoisotopic (exact) mass is 454 g/mol. The van der Waals surface area contributed by atoms with Crippen LogP contribution in [0.1, 0.15) is 31.9 Å². The Kier molecular flexibility index (Phi) is 7.64. The van der Waals surface area contributed by atoms with Crippen LogP contribution >= 0.6 is 0 Å². The molecular formula is C25H27FN2O3S. The van der Waals surface area contributed by atoms with Gasteiger partial charge in [0.15, 0.2) is 0 Å². The van der Waals surface area contributed by atoms with Crippen molar-refractivity contribution in [2.24, 2.45) is 5.92 Å². The number of halogens is 1. The first-order chi connectivity index (χ1) is 15.3. The Morgan fingerprint density at radius 3 is 2.06 bits per heavy atom. The van der Waals surface area contributed by atoms with Crippen molar-refractivity contribution < 1.29 is 17.6 Å². The Morgan fingerprint density at radius 1 is 0.906 bits per heavy atom. The van der Waals surface area contributed by atoms with Crippen molar-refractivity contribution in [2.75, 3.05) is 10.8 Å². The van der Waals surface area contributed by atoms with E-state index in [1.54, 1.807) is 18.2 Å². The molecule has 0 saturated heterocycles. The van der Waals surface area contributed by atoms with E-state index in [9.17, 15) is 17.6 Å². The van der Waals surface area contributed by atoms with Crippen molar-refractivity contribution in [3.05, 3.63) is 96.3 Å². The summed E-state index contributed by atoms with van der Waals surface area (Å²) in [4.78, 5) is 13.0. The molecule has 0 aromatic heterocycles. The molecule has 1 amide bonds. The maximum atomic E-state index is 14.6. The number of benzene rings is 3. The lowest BCUT2D eigenvalue weighted by Gasteiger charge is -2.26. The molecule has 168 valence electrons. The van der Waals surface area contributed by atoms with Gasteiger partial charge in [-0.05, 0) is 42.2 Å². The molecule has 0 saturated carbocycles. The zero-order valence-electron chi connectivity index (χ0n) is 18.1. The van der Waals surface area contributed by atoms with Crippen LogP contribution in [0.4, 0.5) is 10.1 Å². The predicted molar refractivity (Wildman–Crippen MR) is 124 cm³/mol. The highest BCUT2D eigenvalue weighted by molar-refractivity contribution is 7.92. The summed E-state index contributed by atoms with van der Waals surface area (Å²) in [5.41, 5.74) is 0.754. The van der Waals surface area contributed by atoms with Gasteiger partial charge in [0.25, 0.3) is 10.0 Å². The van der Waals surface area contributed by atoms with Crippen molar-refractivity contribution >= 4 is 21.6 Å². The second kappa shape index (κ2) is 10.4. The number of nitrogens with zero attached hydrogens (tertiary/aromatic N) is 1. The molecule has 0 fully saturated rings. The zero-order valence-corrected chi connectivity index (χ0v) is 18.9. The number of para-hydroxylation sites is 1. The first-order valence-corrected chi connectivity index (χ1v) is 11.9. The van der Waals surface area contributed by atoms with Crippen LogP contribution in [-0.4, -0.2) is 20.9 Å². The number of hydrogen-bond acceptors (Lipinski definition) is 3. The summed E-state index contributed by atoms with van der Waals surface area (Å²) in [6, 6.07) is 22.5. The fourth-order valence-corrected chi connectivity index (χ4v) is 4.93. The number of rotatable bonds is 9. The van der Waals surface area contributed by atoms with Crippen LogP contribution in [0.25, 0.3) is 0 Å². The molecule has 3 aromatic carbocycles. The Morgan fingerprint density at radius 2 is 1.47 bits per heavy atom. The van der Waals surface area contributed by atoms with Gasteiger partial charge in [-0.15, -0.1) is 0 Å². The molecule has 32 heavy (non-hydrogen) atoms. The molecule has 0 spiro atoms. The molecule has 1 atom stereocenters. The van der Waals surface area contributed by atoms with E-state index in [-0.39, 0.29) is 16.6 Å². The molecule has 0 heterocycles. The van der Waals surface area contributed by atoms with Gasteiger partial charge in [-0.25, -0.2) is 12.8 Å². The molecule has 0 unspecified atom stereocenters. The first-order valence-electron chi connectivity index (χ1n) is 10.5. The third-order valence-electron chi connectivity index (χ3n) is 4.98. The molecule has 0 aliphatic rings. The van der Waals surface area contributed by atoms with E-state index in [0.29, 0.717) is 12.3 Å². The Labute approximate surface area is 188 Å². The third-order valence-corrected chi connectivity index (χ3v) is 6.76. The third kappa shape index (κ3) is 5.73. The highest BCUT2D eigenvalue weighted by Crippen LogP contribution is 2.27. The van der Waals surface area contributed by atoms with Gasteiger partial charge in [-0.3, -0.25) is 9.10 Å². The fraction of sp³-hybridized carbons (Fsp3) is 0.240. The Hall–Kier alpha value is -3.19. The summed E-state index contributed by atoms with van der Waals surface area (Å²) >= 11 is 0. The minimum atomic E-state index is -4.16. The summed E-state index contributed by atoms with van der Waals surface area (Å²) < 4.78 is 42.1. The predicted octanol–water partition coefficient (Wildman–Crippen LogP) is 4.92. The van der Waals surface area contributed by atoms with Gasteiger partial charge in [0, 0.05) is 0 Å². The van der Waals surface area contributed by atoms with Crippen LogP contribution in [0.5, 0.6) is 0 Å². The molecule has 3 rings (SSSR count). The number of anilines is 1. The van der Waals surface area contributed by atoms with Crippen molar-refractivity contribution in [2.45, 2.75) is 31.2 Å². The molecule has 5 nitrogen and oxygen atoms in total. The zero-order chi connectivity index (χ0) is 23.1. The number of carbonyl (C=O) groups excluding carboxylic acids is 1. The van der Waals surface area contributed by atoms with Crippen LogP contribution in [0.15, 0.2) is 89.8 Å². The summed E-state index contributed by atoms with van der Waals surface area (Å²) in [5.74, 6) is -0.930. The smallest absolute Gasteiger partial charge is 0.264 e. The number of carbonyl (C=O) groups is 1. The van der Waals surface area contributed by atoms with Crippen LogP contribution in [0.3, 0.4) is 0 Å². The quantitative estimate of drug-likeness (QED) is 0.499. The average molecular weight is 455 g/mol. The van der Waals surface area contributed by atoms with Crippen molar-refractivity contribution in [3.8, 4) is 0 Å². The summed E-state index contributed by atoms with van der Waals surface area (Å²) in [6.07, 6.45) is 0.681. The van der Waals surface area contributed by atoms with E-state index in [2.05, 4.69) is 5.32 Å². The number of nitrogens with one attached hydrogen (secondary N) is 1. The summed E-state index contributed by atoms with van der Waals surface area (Å²) in [7, 11) is -4.16. The van der Waals surface area contributed by atoms with Gasteiger partial charge >= 0.3 is 0 Å². The molecule has 3 aromatic rings. The second-order valence-corrected chi connectivity index (χ2v) is 9.80. The first kappa shape index (κ1) is 23.5. The molecule has 7 heteroatoms. The van der Waals surface area contributed by atoms with Gasteiger partial charge in [-0.1, -0.05) is 74.5 Å². The van der Waals surface area contributed by atoms with E-state index in [1.807, 2.05) is 44.2 Å². The van der Waals surface area contributed by atoms with Gasteiger partial charge in [-0.2, -0.15) is 0 Å². The van der Waals surface area contributed by atoms with E-state index in [0.717, 1.165) is 9.87 Å². The van der Waals surface area contributed by atoms with E-state index in [1.165, 1.54) is 36.4 Å². The maximum absolute atomic E-state index is 14.6. The molecule has 1 N–H and O–H groups in total. The minimum absolute atomic E-state index is 0.0159. The molecule has 0 aliphatic heterocycles. The lowest BCUT2D eigenvalue weighted by Crippen LogP contribution is -2.42. The van der Waals surface area contributed by atoms with Crippen molar-refractivity contribution in [3.63, 3.8) is 0 Å². The SMILES string of the molecule is CC(C)C[C@@H](NC(=O)CN(c1ccccc1F)S(=O)(=O)c1ccccc1)c1ccccc1. The second-order valence-electron chi connectivity index (χ2n) is 7.94.